The Kier molecular flexibility index (Phi) is 7.81. The minimum Gasteiger partial charge on any atom is -0.370 e. The molecule has 22 heavy (non-hydrogen) atoms. The van der Waals surface area contributed by atoms with Crippen LogP contribution in [0.4, 0.5) is 5.69 Å². The zero-order valence-electron chi connectivity index (χ0n) is 13.2. The highest BCUT2D eigenvalue weighted by Crippen LogP contribution is 2.18. The highest BCUT2D eigenvalue weighted by atomic mass is 127. The molecule has 1 aromatic carbocycles. The van der Waals surface area contributed by atoms with Gasteiger partial charge in [0, 0.05) is 11.1 Å². The Morgan fingerprint density at radius 2 is 2.18 bits per heavy atom. The van der Waals surface area contributed by atoms with E-state index in [1.807, 2.05) is 12.1 Å². The maximum atomic E-state index is 5.93. The molecular formula is C16H23IN4S. The number of aliphatic imine (C=N–C) groups is 1. The highest BCUT2D eigenvalue weighted by Gasteiger charge is 2.05. The van der Waals surface area contributed by atoms with Crippen LogP contribution in [0.2, 0.25) is 0 Å². The molecule has 0 aliphatic carbocycles. The quantitative estimate of drug-likeness (QED) is 0.421. The molecule has 0 fully saturated rings. The number of nitrogens with two attached hydrogens (primary N) is 1. The lowest BCUT2D eigenvalue weighted by Gasteiger charge is -2.06. The van der Waals surface area contributed by atoms with Crippen molar-refractivity contribution in [3.63, 3.8) is 0 Å². The molecular weight excluding hydrogens is 407 g/mol. The first-order chi connectivity index (χ1) is 10.1. The topological polar surface area (TPSA) is 63.3 Å². The van der Waals surface area contributed by atoms with Gasteiger partial charge in [-0.05, 0) is 30.0 Å². The van der Waals surface area contributed by atoms with E-state index in [-0.39, 0.29) is 24.0 Å². The second-order valence-electron chi connectivity index (χ2n) is 5.20. The van der Waals surface area contributed by atoms with Gasteiger partial charge in [-0.1, -0.05) is 32.9 Å². The number of rotatable bonds is 5. The molecule has 0 aliphatic rings. The van der Waals surface area contributed by atoms with E-state index in [0.717, 1.165) is 22.8 Å². The largest absolute Gasteiger partial charge is 0.370 e. The summed E-state index contributed by atoms with van der Waals surface area (Å²) < 4.78 is 0. The van der Waals surface area contributed by atoms with Crippen LogP contribution < -0.4 is 11.1 Å². The van der Waals surface area contributed by atoms with Crippen molar-refractivity contribution < 1.29 is 0 Å². The molecule has 6 heteroatoms. The predicted molar refractivity (Wildman–Crippen MR) is 106 cm³/mol. The van der Waals surface area contributed by atoms with Crippen molar-refractivity contribution in [2.75, 3.05) is 5.32 Å². The third-order valence-corrected chi connectivity index (χ3v) is 4.01. The first kappa shape index (κ1) is 18.9. The standard InChI is InChI=1S/C16H22N4S.HI/c1-4-12-6-5-7-13(8-12)19-16(17)18-9-15-20-14(10-21-15)11(2)3;/h5-8,10-11H,4,9H2,1-3H3,(H3,17,18,19);1H. The Hall–Kier alpha value is -1.15. The summed E-state index contributed by atoms with van der Waals surface area (Å²) in [4.78, 5) is 8.89. The smallest absolute Gasteiger partial charge is 0.193 e. The molecule has 0 aliphatic heterocycles. The molecule has 2 rings (SSSR count). The summed E-state index contributed by atoms with van der Waals surface area (Å²) in [6, 6.07) is 8.19. The zero-order valence-corrected chi connectivity index (χ0v) is 16.3. The monoisotopic (exact) mass is 430 g/mol. The number of hydrogen-bond donors (Lipinski definition) is 2. The number of aryl methyl sites for hydroxylation is 1. The Morgan fingerprint density at radius 1 is 1.41 bits per heavy atom. The van der Waals surface area contributed by atoms with Crippen LogP contribution in [-0.4, -0.2) is 10.9 Å². The summed E-state index contributed by atoms with van der Waals surface area (Å²) >= 11 is 1.63. The molecule has 4 nitrogen and oxygen atoms in total. The van der Waals surface area contributed by atoms with E-state index < -0.39 is 0 Å². The summed E-state index contributed by atoms with van der Waals surface area (Å²) in [5, 5.41) is 6.20. The number of anilines is 1. The Balaban J connectivity index is 0.00000242. The van der Waals surface area contributed by atoms with Crippen molar-refractivity contribution in [1.82, 2.24) is 4.98 Å². The lowest BCUT2D eigenvalue weighted by molar-refractivity contribution is 0.821. The second kappa shape index (κ2) is 9.09. The van der Waals surface area contributed by atoms with E-state index in [9.17, 15) is 0 Å². The molecule has 3 N–H and O–H groups in total. The maximum Gasteiger partial charge on any atom is 0.193 e. The lowest BCUT2D eigenvalue weighted by Crippen LogP contribution is -2.22. The number of aromatic nitrogens is 1. The zero-order chi connectivity index (χ0) is 15.2. The Labute approximate surface area is 153 Å². The van der Waals surface area contributed by atoms with Gasteiger partial charge in [-0.15, -0.1) is 35.3 Å². The van der Waals surface area contributed by atoms with Gasteiger partial charge in [0.15, 0.2) is 5.96 Å². The molecule has 0 spiro atoms. The summed E-state index contributed by atoms with van der Waals surface area (Å²) in [6.07, 6.45) is 1.00. The van der Waals surface area contributed by atoms with Crippen molar-refractivity contribution in [2.45, 2.75) is 39.7 Å². The molecule has 0 radical (unpaired) electrons. The van der Waals surface area contributed by atoms with Gasteiger partial charge < -0.3 is 11.1 Å². The van der Waals surface area contributed by atoms with Gasteiger partial charge in [0.25, 0.3) is 0 Å². The lowest BCUT2D eigenvalue weighted by atomic mass is 10.1. The number of nitrogens with one attached hydrogen (secondary N) is 1. The second-order valence-corrected chi connectivity index (χ2v) is 6.14. The van der Waals surface area contributed by atoms with Crippen molar-refractivity contribution in [1.29, 1.82) is 0 Å². The molecule has 2 aromatic rings. The van der Waals surface area contributed by atoms with Gasteiger partial charge in [0.1, 0.15) is 5.01 Å². The number of thiazole rings is 1. The molecule has 0 saturated heterocycles. The SMILES string of the molecule is CCc1cccc(NC(N)=NCc2nc(C(C)C)cs2)c1.I. The summed E-state index contributed by atoms with van der Waals surface area (Å²) in [6.45, 7) is 6.92. The van der Waals surface area contributed by atoms with Gasteiger partial charge >= 0.3 is 0 Å². The third kappa shape index (κ3) is 5.57. The van der Waals surface area contributed by atoms with Gasteiger partial charge in [-0.3, -0.25) is 0 Å². The van der Waals surface area contributed by atoms with Crippen LogP contribution in [0.15, 0.2) is 34.6 Å². The number of benzene rings is 1. The average molecular weight is 430 g/mol. The summed E-state index contributed by atoms with van der Waals surface area (Å²) in [5.41, 5.74) is 9.29. The molecule has 1 heterocycles. The summed E-state index contributed by atoms with van der Waals surface area (Å²) in [5.74, 6) is 0.871. The highest BCUT2D eigenvalue weighted by molar-refractivity contribution is 14.0. The number of halogens is 1. The van der Waals surface area contributed by atoms with Crippen LogP contribution in [0, 0.1) is 0 Å². The maximum absolute atomic E-state index is 5.93. The van der Waals surface area contributed by atoms with Crippen molar-refractivity contribution in [3.05, 3.63) is 45.9 Å². The first-order valence-electron chi connectivity index (χ1n) is 7.18. The van der Waals surface area contributed by atoms with Gasteiger partial charge in [0.05, 0.1) is 12.2 Å². The summed E-state index contributed by atoms with van der Waals surface area (Å²) in [7, 11) is 0. The van der Waals surface area contributed by atoms with Gasteiger partial charge in [0.2, 0.25) is 0 Å². The number of nitrogens with zero attached hydrogens (tertiary/aromatic N) is 2. The van der Waals surface area contributed by atoms with Crippen LogP contribution in [0.5, 0.6) is 0 Å². The fraction of sp³-hybridized carbons (Fsp3) is 0.375. The normalized spacial score (nSPS) is 11.4. The molecule has 120 valence electrons. The molecule has 1 aromatic heterocycles. The van der Waals surface area contributed by atoms with Gasteiger partial charge in [-0.25, -0.2) is 9.98 Å². The number of hydrogen-bond acceptors (Lipinski definition) is 3. The van der Waals surface area contributed by atoms with E-state index in [2.05, 4.69) is 53.6 Å². The Morgan fingerprint density at radius 3 is 2.82 bits per heavy atom. The molecule has 0 unspecified atom stereocenters. The molecule has 0 bridgehead atoms. The van der Waals surface area contributed by atoms with Crippen LogP contribution in [-0.2, 0) is 13.0 Å². The van der Waals surface area contributed by atoms with Crippen LogP contribution >= 0.6 is 35.3 Å². The van der Waals surface area contributed by atoms with Crippen molar-refractivity contribution in [2.24, 2.45) is 10.7 Å². The van der Waals surface area contributed by atoms with E-state index in [0.29, 0.717) is 18.4 Å². The fourth-order valence-corrected chi connectivity index (χ4v) is 2.75. The minimum absolute atomic E-state index is 0. The Bertz CT molecular complexity index is 622. The minimum atomic E-state index is 0. The van der Waals surface area contributed by atoms with Crippen molar-refractivity contribution in [3.8, 4) is 0 Å². The molecule has 0 saturated carbocycles. The van der Waals surface area contributed by atoms with E-state index >= 15 is 0 Å². The van der Waals surface area contributed by atoms with Crippen molar-refractivity contribution >= 4 is 47.0 Å². The van der Waals surface area contributed by atoms with E-state index in [1.165, 1.54) is 5.56 Å². The molecule has 0 atom stereocenters. The fourth-order valence-electron chi connectivity index (χ4n) is 1.87. The van der Waals surface area contributed by atoms with Crippen LogP contribution in [0.1, 0.15) is 43.0 Å². The third-order valence-electron chi connectivity index (χ3n) is 3.15. The molecule has 0 amide bonds. The van der Waals surface area contributed by atoms with Crippen LogP contribution in [0.3, 0.4) is 0 Å². The van der Waals surface area contributed by atoms with E-state index in [1.54, 1.807) is 11.3 Å². The first-order valence-corrected chi connectivity index (χ1v) is 8.06. The van der Waals surface area contributed by atoms with E-state index in [4.69, 9.17) is 5.73 Å². The predicted octanol–water partition coefficient (Wildman–Crippen LogP) is 4.37. The number of guanidine groups is 1. The van der Waals surface area contributed by atoms with Crippen LogP contribution in [0.25, 0.3) is 0 Å². The van der Waals surface area contributed by atoms with Gasteiger partial charge in [-0.2, -0.15) is 0 Å². The average Bonchev–Trinajstić information content (AvgIpc) is 2.94.